The molecule has 0 aliphatic carbocycles. The Hall–Kier alpha value is -1.40. The summed E-state index contributed by atoms with van der Waals surface area (Å²) in [6, 6.07) is 5.59. The maximum atomic E-state index is 8.87. The van der Waals surface area contributed by atoms with Gasteiger partial charge in [0.2, 0.25) is 0 Å². The van der Waals surface area contributed by atoms with Crippen molar-refractivity contribution in [3.8, 4) is 5.75 Å². The highest BCUT2D eigenvalue weighted by Gasteiger charge is 2.13. The summed E-state index contributed by atoms with van der Waals surface area (Å²) in [5, 5.41) is 11.9. The number of rotatable bonds is 9. The van der Waals surface area contributed by atoms with Gasteiger partial charge in [-0.3, -0.25) is 0 Å². The van der Waals surface area contributed by atoms with Crippen LogP contribution in [-0.4, -0.2) is 37.1 Å². The van der Waals surface area contributed by atoms with Crippen LogP contribution < -0.4 is 10.5 Å². The van der Waals surface area contributed by atoms with E-state index in [0.29, 0.717) is 24.5 Å². The van der Waals surface area contributed by atoms with Gasteiger partial charge in [-0.05, 0) is 24.8 Å². The molecule has 0 bridgehead atoms. The van der Waals surface area contributed by atoms with Gasteiger partial charge in [0.15, 0.2) is 5.84 Å². The summed E-state index contributed by atoms with van der Waals surface area (Å²) in [5.74, 6) is 0.656. The molecule has 6 heteroatoms. The van der Waals surface area contributed by atoms with Crippen molar-refractivity contribution in [1.29, 1.82) is 0 Å². The fourth-order valence-electron chi connectivity index (χ4n) is 1.66. The number of benzene rings is 1. The van der Waals surface area contributed by atoms with Gasteiger partial charge >= 0.3 is 0 Å². The third-order valence-corrected chi connectivity index (χ3v) is 3.48. The molecule has 0 aliphatic heterocycles. The van der Waals surface area contributed by atoms with Crippen LogP contribution in [0.2, 0.25) is 0 Å². The molecule has 0 saturated heterocycles. The second-order valence-corrected chi connectivity index (χ2v) is 4.98. The first-order chi connectivity index (χ1) is 9.74. The molecule has 1 aromatic carbocycles. The van der Waals surface area contributed by atoms with E-state index in [1.807, 2.05) is 18.4 Å². The van der Waals surface area contributed by atoms with Gasteiger partial charge in [-0.2, -0.15) is 0 Å². The van der Waals surface area contributed by atoms with Crippen LogP contribution in [0.25, 0.3) is 0 Å². The fraction of sp³-hybridized carbons (Fsp3) is 0.500. The van der Waals surface area contributed by atoms with Gasteiger partial charge in [-0.25, -0.2) is 0 Å². The second kappa shape index (κ2) is 9.50. The Morgan fingerprint density at radius 1 is 1.35 bits per heavy atom. The second-order valence-electron chi connectivity index (χ2n) is 4.13. The van der Waals surface area contributed by atoms with Crippen molar-refractivity contribution in [3.05, 3.63) is 23.8 Å². The third-order valence-electron chi connectivity index (χ3n) is 2.70. The zero-order valence-corrected chi connectivity index (χ0v) is 12.8. The molecule has 0 heterocycles. The predicted octanol–water partition coefficient (Wildman–Crippen LogP) is 2.70. The molecule has 0 spiro atoms. The topological polar surface area (TPSA) is 77.1 Å². The summed E-state index contributed by atoms with van der Waals surface area (Å²) in [6.07, 6.45) is 4.10. The molecule has 3 N–H and O–H groups in total. The van der Waals surface area contributed by atoms with Gasteiger partial charge in [0, 0.05) is 11.5 Å². The fourth-order valence-corrected chi connectivity index (χ4v) is 2.29. The smallest absolute Gasteiger partial charge is 0.174 e. The van der Waals surface area contributed by atoms with Crippen molar-refractivity contribution < 1.29 is 14.7 Å². The number of nitrogens with two attached hydrogens (primary N) is 1. The molecular formula is C14H22N2O3S. The average Bonchev–Trinajstić information content (AvgIpc) is 2.49. The van der Waals surface area contributed by atoms with Crippen LogP contribution in [-0.2, 0) is 4.74 Å². The normalized spacial score (nSPS) is 11.6. The van der Waals surface area contributed by atoms with Gasteiger partial charge < -0.3 is 20.4 Å². The first kappa shape index (κ1) is 16.7. The number of amidine groups is 1. The summed E-state index contributed by atoms with van der Waals surface area (Å²) >= 11 is 1.52. The Labute approximate surface area is 124 Å². The third kappa shape index (κ3) is 4.94. The summed E-state index contributed by atoms with van der Waals surface area (Å²) in [7, 11) is 0. The Bertz CT molecular complexity index is 438. The number of hydrogen-bond donors (Lipinski definition) is 2. The van der Waals surface area contributed by atoms with Crippen molar-refractivity contribution in [2.45, 2.75) is 24.7 Å². The Kier molecular flexibility index (Phi) is 7.91. The van der Waals surface area contributed by atoms with E-state index in [1.165, 1.54) is 11.8 Å². The van der Waals surface area contributed by atoms with Crippen LogP contribution in [0.5, 0.6) is 5.75 Å². The number of ether oxygens (including phenoxy) is 2. The van der Waals surface area contributed by atoms with Crippen LogP contribution in [0, 0.1) is 0 Å². The lowest BCUT2D eigenvalue weighted by Crippen LogP contribution is -2.17. The Morgan fingerprint density at radius 3 is 2.80 bits per heavy atom. The SMILES string of the molecule is CCCCOCCOc1cccc(SC)c1/C(N)=N/O. The number of thioether (sulfide) groups is 1. The number of nitrogens with zero attached hydrogens (tertiary/aromatic N) is 1. The van der Waals surface area contributed by atoms with Gasteiger partial charge in [-0.1, -0.05) is 24.6 Å². The molecule has 1 aromatic rings. The first-order valence-electron chi connectivity index (χ1n) is 6.60. The lowest BCUT2D eigenvalue weighted by molar-refractivity contribution is 0.0979. The molecule has 0 aromatic heterocycles. The van der Waals surface area contributed by atoms with Crippen molar-refractivity contribution in [2.75, 3.05) is 26.1 Å². The van der Waals surface area contributed by atoms with Crippen molar-refractivity contribution in [1.82, 2.24) is 0 Å². The van der Waals surface area contributed by atoms with E-state index in [0.717, 1.165) is 24.3 Å². The van der Waals surface area contributed by atoms with Crippen LogP contribution in [0.1, 0.15) is 25.3 Å². The number of oxime groups is 1. The van der Waals surface area contributed by atoms with E-state index in [9.17, 15) is 0 Å². The minimum absolute atomic E-state index is 0.0526. The van der Waals surface area contributed by atoms with Crippen molar-refractivity contribution in [2.24, 2.45) is 10.9 Å². The van der Waals surface area contributed by atoms with Crippen molar-refractivity contribution in [3.63, 3.8) is 0 Å². The molecule has 112 valence electrons. The minimum Gasteiger partial charge on any atom is -0.490 e. The van der Waals surface area contributed by atoms with Crippen LogP contribution in [0.3, 0.4) is 0 Å². The zero-order valence-electron chi connectivity index (χ0n) is 12.0. The molecule has 20 heavy (non-hydrogen) atoms. The van der Waals surface area contributed by atoms with Gasteiger partial charge in [0.1, 0.15) is 12.4 Å². The molecule has 0 fully saturated rings. The predicted molar refractivity (Wildman–Crippen MR) is 82.0 cm³/mol. The molecular weight excluding hydrogens is 276 g/mol. The molecule has 0 atom stereocenters. The Balaban J connectivity index is 2.65. The number of hydrogen-bond acceptors (Lipinski definition) is 5. The van der Waals surface area contributed by atoms with Crippen LogP contribution in [0.4, 0.5) is 0 Å². The van der Waals surface area contributed by atoms with Gasteiger partial charge in [0.05, 0.1) is 12.2 Å². The van der Waals surface area contributed by atoms with E-state index in [4.69, 9.17) is 20.4 Å². The van der Waals surface area contributed by atoms with Gasteiger partial charge in [-0.15, -0.1) is 11.8 Å². The zero-order chi connectivity index (χ0) is 14.8. The quantitative estimate of drug-likeness (QED) is 0.183. The van der Waals surface area contributed by atoms with E-state index in [2.05, 4.69) is 12.1 Å². The summed E-state index contributed by atoms with van der Waals surface area (Å²) in [6.45, 7) is 3.83. The highest BCUT2D eigenvalue weighted by Crippen LogP contribution is 2.28. The first-order valence-corrected chi connectivity index (χ1v) is 7.82. The van der Waals surface area contributed by atoms with E-state index < -0.39 is 0 Å². The standard InChI is InChI=1S/C14H22N2O3S/c1-3-4-8-18-9-10-19-11-6-5-7-12(20-2)13(11)14(15)16-17/h5-7,17H,3-4,8-10H2,1-2H3,(H2,15,16). The molecule has 5 nitrogen and oxygen atoms in total. The molecule has 0 unspecified atom stereocenters. The summed E-state index contributed by atoms with van der Waals surface area (Å²) in [5.41, 5.74) is 6.34. The van der Waals surface area contributed by atoms with E-state index in [-0.39, 0.29) is 5.84 Å². The molecule has 0 saturated carbocycles. The summed E-state index contributed by atoms with van der Waals surface area (Å²) < 4.78 is 11.1. The largest absolute Gasteiger partial charge is 0.490 e. The van der Waals surface area contributed by atoms with Crippen LogP contribution >= 0.6 is 11.8 Å². The van der Waals surface area contributed by atoms with Crippen LogP contribution in [0.15, 0.2) is 28.3 Å². The van der Waals surface area contributed by atoms with Gasteiger partial charge in [0.25, 0.3) is 0 Å². The molecule has 0 aliphatic rings. The lowest BCUT2D eigenvalue weighted by atomic mass is 10.2. The maximum absolute atomic E-state index is 8.87. The molecule has 0 radical (unpaired) electrons. The maximum Gasteiger partial charge on any atom is 0.174 e. The molecule has 0 amide bonds. The van der Waals surface area contributed by atoms with E-state index in [1.54, 1.807) is 6.07 Å². The Morgan fingerprint density at radius 2 is 2.15 bits per heavy atom. The minimum atomic E-state index is 0.0526. The molecule has 1 rings (SSSR count). The summed E-state index contributed by atoms with van der Waals surface area (Å²) in [4.78, 5) is 0.907. The number of unbranched alkanes of at least 4 members (excludes halogenated alkanes) is 1. The van der Waals surface area contributed by atoms with E-state index >= 15 is 0 Å². The monoisotopic (exact) mass is 298 g/mol. The lowest BCUT2D eigenvalue weighted by Gasteiger charge is -2.13. The average molecular weight is 298 g/mol. The highest BCUT2D eigenvalue weighted by molar-refractivity contribution is 7.98. The van der Waals surface area contributed by atoms with Crippen molar-refractivity contribution >= 4 is 17.6 Å². The highest BCUT2D eigenvalue weighted by atomic mass is 32.2.